The predicted molar refractivity (Wildman–Crippen MR) is 164 cm³/mol. The molecule has 9 nitrogen and oxygen atoms in total. The normalized spacial score (nSPS) is 19.6. The number of piperazine rings is 1. The van der Waals surface area contributed by atoms with Crippen LogP contribution in [0.5, 0.6) is 0 Å². The van der Waals surface area contributed by atoms with E-state index in [0.29, 0.717) is 39.3 Å². The molecule has 216 valence electrons. The summed E-state index contributed by atoms with van der Waals surface area (Å²) in [6.45, 7) is 3.71. The van der Waals surface area contributed by atoms with Crippen molar-refractivity contribution in [3.8, 4) is 11.1 Å². The average Bonchev–Trinajstić information content (AvgIpc) is 3.72. The van der Waals surface area contributed by atoms with E-state index in [0.717, 1.165) is 32.0 Å². The number of hydrogen-bond donors (Lipinski definition) is 2. The molecule has 42 heavy (non-hydrogen) atoms. The fourth-order valence-corrected chi connectivity index (χ4v) is 7.64. The van der Waals surface area contributed by atoms with E-state index in [4.69, 9.17) is 0 Å². The Morgan fingerprint density at radius 1 is 0.952 bits per heavy atom. The summed E-state index contributed by atoms with van der Waals surface area (Å²) in [4.78, 5) is 32.5. The highest BCUT2D eigenvalue weighted by Gasteiger charge is 2.39. The van der Waals surface area contributed by atoms with Crippen LogP contribution in [-0.2, 0) is 7.05 Å². The smallest absolute Gasteiger partial charge is 0.274 e. The molecule has 3 aliphatic rings. The lowest BCUT2D eigenvalue weighted by molar-refractivity contribution is 0.103. The third-order valence-corrected chi connectivity index (χ3v) is 10.0. The van der Waals surface area contributed by atoms with Crippen LogP contribution < -0.4 is 21.1 Å². The molecule has 2 unspecified atom stereocenters. The van der Waals surface area contributed by atoms with E-state index in [1.807, 2.05) is 18.2 Å². The summed E-state index contributed by atoms with van der Waals surface area (Å²) < 4.78 is 16.3. The van der Waals surface area contributed by atoms with E-state index in [9.17, 15) is 14.0 Å². The largest absolute Gasteiger partial charge is 0.353 e. The summed E-state index contributed by atoms with van der Waals surface area (Å²) in [6.07, 6.45) is 5.27. The molecule has 1 aliphatic heterocycles. The van der Waals surface area contributed by atoms with Gasteiger partial charge >= 0.3 is 0 Å². The Kier molecular flexibility index (Phi) is 6.78. The number of nitrogens with one attached hydrogen (secondary N) is 2. The number of thiophene rings is 1. The van der Waals surface area contributed by atoms with E-state index < -0.39 is 5.82 Å². The third kappa shape index (κ3) is 4.96. The molecular formula is C31H32FN7O2S. The molecule has 3 aromatic heterocycles. The van der Waals surface area contributed by atoms with Crippen molar-refractivity contribution < 1.29 is 9.18 Å². The molecule has 1 amide bonds. The maximum absolute atomic E-state index is 14.9. The topological polar surface area (TPSA) is 95.4 Å². The lowest BCUT2D eigenvalue weighted by Gasteiger charge is -2.32. The van der Waals surface area contributed by atoms with Gasteiger partial charge in [0.05, 0.1) is 10.6 Å². The lowest BCUT2D eigenvalue weighted by atomic mass is 9.99. The van der Waals surface area contributed by atoms with Gasteiger partial charge < -0.3 is 25.0 Å². The zero-order valence-electron chi connectivity index (χ0n) is 23.6. The number of fused-ring (bicyclic) bond motifs is 5. The van der Waals surface area contributed by atoms with Crippen molar-refractivity contribution in [2.45, 2.75) is 31.1 Å². The van der Waals surface area contributed by atoms with E-state index in [-0.39, 0.29) is 17.2 Å². The number of halogens is 1. The zero-order valence-corrected chi connectivity index (χ0v) is 24.4. The number of hydrogen-bond acceptors (Lipinski definition) is 8. The van der Waals surface area contributed by atoms with Crippen LogP contribution in [0.3, 0.4) is 0 Å². The zero-order chi connectivity index (χ0) is 29.0. The van der Waals surface area contributed by atoms with Crippen LogP contribution in [-0.4, -0.2) is 58.8 Å². The first kappa shape index (κ1) is 26.8. The molecule has 2 aliphatic carbocycles. The molecule has 11 heteroatoms. The van der Waals surface area contributed by atoms with Gasteiger partial charge in [0.2, 0.25) is 0 Å². The van der Waals surface area contributed by atoms with Crippen LogP contribution in [0.15, 0.2) is 53.5 Å². The van der Waals surface area contributed by atoms with E-state index in [2.05, 4.69) is 37.7 Å². The Morgan fingerprint density at radius 3 is 2.50 bits per heavy atom. The van der Waals surface area contributed by atoms with Gasteiger partial charge in [-0.05, 0) is 85.7 Å². The average molecular weight is 586 g/mol. The van der Waals surface area contributed by atoms with Crippen LogP contribution >= 0.6 is 11.3 Å². The number of anilines is 4. The van der Waals surface area contributed by atoms with Crippen molar-refractivity contribution in [2.75, 3.05) is 48.8 Å². The minimum atomic E-state index is -0.518. The molecule has 2 fully saturated rings. The molecular weight excluding hydrogens is 553 g/mol. The Labute approximate surface area is 247 Å². The number of pyridine rings is 1. The molecule has 1 saturated carbocycles. The maximum Gasteiger partial charge on any atom is 0.274 e. The summed E-state index contributed by atoms with van der Waals surface area (Å²) in [6, 6.07) is 12.0. The number of nitrogens with zero attached hydrogens (tertiary/aromatic N) is 5. The Morgan fingerprint density at radius 2 is 1.74 bits per heavy atom. The minimum Gasteiger partial charge on any atom is -0.353 e. The van der Waals surface area contributed by atoms with Gasteiger partial charge in [0.25, 0.3) is 11.5 Å². The maximum atomic E-state index is 14.9. The minimum absolute atomic E-state index is 0.0998. The van der Waals surface area contributed by atoms with Crippen LogP contribution in [0.4, 0.5) is 27.4 Å². The number of aryl methyl sites for hydroxylation is 1. The first-order chi connectivity index (χ1) is 20.3. The molecule has 7 rings (SSSR count). The second kappa shape index (κ2) is 10.6. The molecule has 4 aromatic rings. The Hall–Kier alpha value is -4.09. The summed E-state index contributed by atoms with van der Waals surface area (Å²) in [7, 11) is 3.76. The molecule has 1 aromatic carbocycles. The highest BCUT2D eigenvalue weighted by Crippen LogP contribution is 2.55. The lowest BCUT2D eigenvalue weighted by Crippen LogP contribution is -2.44. The van der Waals surface area contributed by atoms with E-state index >= 15 is 0 Å². The van der Waals surface area contributed by atoms with Gasteiger partial charge in [0.15, 0.2) is 11.6 Å². The summed E-state index contributed by atoms with van der Waals surface area (Å²) in [5, 5.41) is 14.5. The van der Waals surface area contributed by atoms with Crippen LogP contribution in [0.25, 0.3) is 11.1 Å². The molecule has 2 N–H and O–H groups in total. The third-order valence-electron chi connectivity index (χ3n) is 8.73. The van der Waals surface area contributed by atoms with Crippen molar-refractivity contribution >= 4 is 40.3 Å². The fraction of sp³-hybridized carbons (Fsp3) is 0.355. The van der Waals surface area contributed by atoms with Gasteiger partial charge in [-0.2, -0.15) is 0 Å². The van der Waals surface area contributed by atoms with Crippen molar-refractivity contribution in [1.82, 2.24) is 19.7 Å². The number of likely N-dealkylation sites (N-methyl/N-ethyl adjacent to an activating group) is 1. The van der Waals surface area contributed by atoms with Crippen molar-refractivity contribution in [3.05, 3.63) is 80.2 Å². The van der Waals surface area contributed by atoms with Crippen LogP contribution in [0, 0.1) is 5.82 Å². The first-order valence-corrected chi connectivity index (χ1v) is 15.1. The highest BCUT2D eigenvalue weighted by atomic mass is 32.1. The number of aromatic nitrogens is 3. The van der Waals surface area contributed by atoms with Gasteiger partial charge in [-0.3, -0.25) is 9.59 Å². The predicted octanol–water partition coefficient (Wildman–Crippen LogP) is 5.16. The number of carbonyl (C=O) groups is 1. The van der Waals surface area contributed by atoms with Crippen molar-refractivity contribution in [3.63, 3.8) is 0 Å². The number of amides is 1. The summed E-state index contributed by atoms with van der Waals surface area (Å²) >= 11 is 1.54. The monoisotopic (exact) mass is 585 g/mol. The van der Waals surface area contributed by atoms with Crippen LogP contribution in [0.1, 0.15) is 51.2 Å². The van der Waals surface area contributed by atoms with Gasteiger partial charge in [0.1, 0.15) is 11.5 Å². The van der Waals surface area contributed by atoms with Gasteiger partial charge in [-0.1, -0.05) is 6.07 Å². The molecule has 0 spiro atoms. The van der Waals surface area contributed by atoms with Gasteiger partial charge in [-0.15, -0.1) is 21.5 Å². The van der Waals surface area contributed by atoms with E-state index in [1.165, 1.54) is 51.7 Å². The fourth-order valence-electron chi connectivity index (χ4n) is 6.35. The highest BCUT2D eigenvalue weighted by molar-refractivity contribution is 7.14. The van der Waals surface area contributed by atoms with Gasteiger partial charge in [-0.25, -0.2) is 4.39 Å². The summed E-state index contributed by atoms with van der Waals surface area (Å²) in [5.41, 5.74) is 2.83. The molecule has 2 bridgehead atoms. The quantitative estimate of drug-likeness (QED) is 0.323. The van der Waals surface area contributed by atoms with Crippen LogP contribution in [0.2, 0.25) is 0 Å². The Balaban J connectivity index is 1.10. The number of benzene rings is 1. The SMILES string of the molecule is CN1CCN(c2ccc(Nc3cc(-c4ccc(F)c(NC(=O)c5cc6c(s5)C5CCC6C5)c4)cn(C)c3=O)nn2)CC1. The second-order valence-corrected chi connectivity index (χ2v) is 12.6. The van der Waals surface area contributed by atoms with Crippen molar-refractivity contribution in [1.29, 1.82) is 0 Å². The molecule has 1 saturated heterocycles. The molecule has 2 atom stereocenters. The molecule has 0 radical (unpaired) electrons. The number of rotatable bonds is 6. The van der Waals surface area contributed by atoms with E-state index in [1.54, 1.807) is 31.4 Å². The Bertz CT molecular complexity index is 1700. The van der Waals surface area contributed by atoms with Gasteiger partial charge in [0, 0.05) is 49.9 Å². The standard InChI is InChI=1S/C31H32FN7O2S/c1-37-9-11-39(12-10-37)28-8-7-27(35-36-28)33-25-15-21(17-38(2)31(25)41)18-5-6-23(32)24(14-18)34-30(40)26-16-22-19-3-4-20(13-19)29(22)42-26/h5-8,14-17,19-20H,3-4,9-13H2,1-2H3,(H,33,35)(H,34,40). The first-order valence-electron chi connectivity index (χ1n) is 14.3. The second-order valence-electron chi connectivity index (χ2n) is 11.5. The summed E-state index contributed by atoms with van der Waals surface area (Å²) in [5.74, 6) is 1.57. The molecule has 4 heterocycles. The number of carbonyl (C=O) groups excluding carboxylic acids is 1. The van der Waals surface area contributed by atoms with Crippen molar-refractivity contribution in [2.24, 2.45) is 7.05 Å².